The lowest BCUT2D eigenvalue weighted by Crippen LogP contribution is -2.30. The molecule has 0 aromatic rings. The molecule has 0 aromatic carbocycles. The van der Waals surface area contributed by atoms with Crippen LogP contribution in [0.5, 0.6) is 0 Å². The number of cyclic esters (lactones) is 1. The minimum Gasteiger partial charge on any atom is -0.466 e. The Kier molecular flexibility index (Phi) is 2.93. The van der Waals surface area contributed by atoms with Gasteiger partial charge < -0.3 is 9.47 Å². The van der Waals surface area contributed by atoms with E-state index in [0.29, 0.717) is 25.6 Å². The number of carbonyl (C=O) groups is 2. The number of fused-ring (bicyclic) bond motifs is 1. The number of rotatable bonds is 2. The van der Waals surface area contributed by atoms with Gasteiger partial charge in [0.05, 0.1) is 25.0 Å². The van der Waals surface area contributed by atoms with E-state index in [0.717, 1.165) is 12.8 Å². The summed E-state index contributed by atoms with van der Waals surface area (Å²) in [7, 11) is 0. The Bertz CT molecular complexity index is 274. The lowest BCUT2D eigenvalue weighted by molar-refractivity contribution is -0.151. The topological polar surface area (TPSA) is 52.6 Å². The van der Waals surface area contributed by atoms with Crippen LogP contribution in [0.15, 0.2) is 0 Å². The molecule has 1 saturated carbocycles. The number of ether oxygens (including phenoxy) is 2. The van der Waals surface area contributed by atoms with E-state index >= 15 is 0 Å². The summed E-state index contributed by atoms with van der Waals surface area (Å²) < 4.78 is 9.97. The molecule has 0 bridgehead atoms. The molecule has 3 atom stereocenters. The van der Waals surface area contributed by atoms with Crippen molar-refractivity contribution in [3.8, 4) is 0 Å². The van der Waals surface area contributed by atoms with Crippen LogP contribution in [0.4, 0.5) is 0 Å². The molecule has 3 unspecified atom stereocenters. The first-order valence-electron chi connectivity index (χ1n) is 5.55. The molecule has 0 aromatic heterocycles. The van der Waals surface area contributed by atoms with Gasteiger partial charge in [0.1, 0.15) is 0 Å². The maximum atomic E-state index is 11.5. The molecule has 1 saturated heterocycles. The summed E-state index contributed by atoms with van der Waals surface area (Å²) in [6.45, 7) is 2.75. The average Bonchev–Trinajstić information content (AvgIpc) is 2.60. The smallest absolute Gasteiger partial charge is 0.309 e. The first-order chi connectivity index (χ1) is 7.22. The van der Waals surface area contributed by atoms with Crippen molar-refractivity contribution in [2.24, 2.45) is 17.8 Å². The number of hydrogen-bond acceptors (Lipinski definition) is 4. The van der Waals surface area contributed by atoms with Gasteiger partial charge in [-0.25, -0.2) is 0 Å². The molecule has 1 aliphatic carbocycles. The first-order valence-corrected chi connectivity index (χ1v) is 5.55. The molecule has 4 nitrogen and oxygen atoms in total. The zero-order valence-corrected chi connectivity index (χ0v) is 8.90. The number of hydrogen-bond donors (Lipinski definition) is 0. The molecule has 1 aliphatic heterocycles. The third kappa shape index (κ3) is 1.98. The van der Waals surface area contributed by atoms with Crippen molar-refractivity contribution >= 4 is 11.9 Å². The Morgan fingerprint density at radius 3 is 3.07 bits per heavy atom. The monoisotopic (exact) mass is 212 g/mol. The van der Waals surface area contributed by atoms with Gasteiger partial charge >= 0.3 is 11.9 Å². The van der Waals surface area contributed by atoms with E-state index < -0.39 is 0 Å². The van der Waals surface area contributed by atoms with E-state index in [1.54, 1.807) is 6.92 Å². The summed E-state index contributed by atoms with van der Waals surface area (Å²) in [5.41, 5.74) is 0. The van der Waals surface area contributed by atoms with Gasteiger partial charge in [0.2, 0.25) is 0 Å². The molecule has 0 spiro atoms. The van der Waals surface area contributed by atoms with Crippen LogP contribution >= 0.6 is 0 Å². The molecule has 4 heteroatoms. The maximum absolute atomic E-state index is 11.5. The van der Waals surface area contributed by atoms with Gasteiger partial charge in [-0.1, -0.05) is 0 Å². The minimum absolute atomic E-state index is 0.0619. The van der Waals surface area contributed by atoms with E-state index in [9.17, 15) is 9.59 Å². The third-order valence-electron chi connectivity index (χ3n) is 3.36. The van der Waals surface area contributed by atoms with Crippen LogP contribution < -0.4 is 0 Å². The largest absolute Gasteiger partial charge is 0.466 e. The van der Waals surface area contributed by atoms with Gasteiger partial charge in [0.15, 0.2) is 0 Å². The average molecular weight is 212 g/mol. The number of carbonyl (C=O) groups excluding carboxylic acids is 2. The molecular weight excluding hydrogens is 196 g/mol. The lowest BCUT2D eigenvalue weighted by Gasteiger charge is -2.26. The summed E-state index contributed by atoms with van der Waals surface area (Å²) in [6, 6.07) is 0. The van der Waals surface area contributed by atoms with Crippen LogP contribution in [0, 0.1) is 17.8 Å². The number of esters is 2. The van der Waals surface area contributed by atoms with E-state index in [1.807, 2.05) is 0 Å². The summed E-state index contributed by atoms with van der Waals surface area (Å²) in [6.07, 6.45) is 2.35. The van der Waals surface area contributed by atoms with Crippen molar-refractivity contribution in [1.82, 2.24) is 0 Å². The third-order valence-corrected chi connectivity index (χ3v) is 3.36. The van der Waals surface area contributed by atoms with Crippen LogP contribution in [0.1, 0.15) is 26.2 Å². The van der Waals surface area contributed by atoms with Crippen molar-refractivity contribution in [3.05, 3.63) is 0 Å². The highest BCUT2D eigenvalue weighted by Crippen LogP contribution is 2.38. The van der Waals surface area contributed by atoms with E-state index in [1.165, 1.54) is 0 Å². The first kappa shape index (κ1) is 10.5. The highest BCUT2D eigenvalue weighted by molar-refractivity contribution is 5.78. The fourth-order valence-corrected chi connectivity index (χ4v) is 2.49. The molecule has 15 heavy (non-hydrogen) atoms. The Labute approximate surface area is 88.9 Å². The summed E-state index contributed by atoms with van der Waals surface area (Å²) in [5.74, 6) is -0.113. The Morgan fingerprint density at radius 2 is 2.33 bits per heavy atom. The minimum atomic E-state index is -0.157. The van der Waals surface area contributed by atoms with Gasteiger partial charge in [-0.05, 0) is 26.2 Å². The van der Waals surface area contributed by atoms with Crippen LogP contribution in [0.25, 0.3) is 0 Å². The Morgan fingerprint density at radius 1 is 1.53 bits per heavy atom. The summed E-state index contributed by atoms with van der Waals surface area (Å²) >= 11 is 0. The highest BCUT2D eigenvalue weighted by Gasteiger charge is 2.43. The fourth-order valence-electron chi connectivity index (χ4n) is 2.49. The van der Waals surface area contributed by atoms with Crippen molar-refractivity contribution < 1.29 is 19.1 Å². The van der Waals surface area contributed by atoms with Crippen molar-refractivity contribution in [2.45, 2.75) is 26.2 Å². The van der Waals surface area contributed by atoms with Gasteiger partial charge in [-0.3, -0.25) is 9.59 Å². The molecular formula is C11H16O4. The molecule has 1 heterocycles. The normalized spacial score (nSPS) is 34.5. The van der Waals surface area contributed by atoms with Crippen LogP contribution in [0.3, 0.4) is 0 Å². The van der Waals surface area contributed by atoms with Gasteiger partial charge in [0.25, 0.3) is 0 Å². The predicted molar refractivity (Wildman–Crippen MR) is 51.9 cm³/mol. The maximum Gasteiger partial charge on any atom is 0.309 e. The van der Waals surface area contributed by atoms with Crippen LogP contribution in [-0.4, -0.2) is 25.2 Å². The molecule has 2 fully saturated rings. The van der Waals surface area contributed by atoms with Crippen molar-refractivity contribution in [2.75, 3.05) is 13.2 Å². The standard InChI is InChI=1S/C11H16O4/c1-2-14-10(12)7-3-4-8-6-15-11(13)9(8)5-7/h7-9H,2-6H2,1H3. The second-order valence-electron chi connectivity index (χ2n) is 4.26. The SMILES string of the molecule is CCOC(=O)C1CCC2COC(=O)C2C1. The molecule has 0 N–H and O–H groups in total. The van der Waals surface area contributed by atoms with Gasteiger partial charge in [0, 0.05) is 5.92 Å². The van der Waals surface area contributed by atoms with Gasteiger partial charge in [-0.15, -0.1) is 0 Å². The van der Waals surface area contributed by atoms with Crippen LogP contribution in [0.2, 0.25) is 0 Å². The van der Waals surface area contributed by atoms with Crippen molar-refractivity contribution in [3.63, 3.8) is 0 Å². The van der Waals surface area contributed by atoms with Gasteiger partial charge in [-0.2, -0.15) is 0 Å². The molecule has 84 valence electrons. The highest BCUT2D eigenvalue weighted by atomic mass is 16.5. The predicted octanol–water partition coefficient (Wildman–Crippen LogP) is 1.14. The molecule has 2 rings (SSSR count). The summed E-state index contributed by atoms with van der Waals surface area (Å²) in [4.78, 5) is 22.9. The fraction of sp³-hybridized carbons (Fsp3) is 0.818. The van der Waals surface area contributed by atoms with Crippen molar-refractivity contribution in [1.29, 1.82) is 0 Å². The quantitative estimate of drug-likeness (QED) is 0.644. The second kappa shape index (κ2) is 4.21. The Balaban J connectivity index is 1.96. The lowest BCUT2D eigenvalue weighted by atomic mass is 9.75. The second-order valence-corrected chi connectivity index (χ2v) is 4.26. The van der Waals surface area contributed by atoms with E-state index in [2.05, 4.69) is 0 Å². The summed E-state index contributed by atoms with van der Waals surface area (Å²) in [5, 5.41) is 0. The zero-order valence-electron chi connectivity index (χ0n) is 8.90. The van der Waals surface area contributed by atoms with Crippen LogP contribution in [-0.2, 0) is 19.1 Å². The zero-order chi connectivity index (χ0) is 10.8. The molecule has 2 aliphatic rings. The molecule has 0 radical (unpaired) electrons. The van der Waals surface area contributed by atoms with E-state index in [4.69, 9.17) is 9.47 Å². The Hall–Kier alpha value is -1.06. The molecule has 0 amide bonds. The van der Waals surface area contributed by atoms with E-state index in [-0.39, 0.29) is 23.8 Å².